The largest absolute Gasteiger partial charge is 0.345 e. The Balaban J connectivity index is 1.35. The third-order valence-electron chi connectivity index (χ3n) is 9.98. The average Bonchev–Trinajstić information content (AvgIpc) is 3.28. The van der Waals surface area contributed by atoms with Crippen molar-refractivity contribution < 1.29 is 19.2 Å². The summed E-state index contributed by atoms with van der Waals surface area (Å²) in [6.07, 6.45) is 12.0. The maximum atomic E-state index is 14.2. The predicted molar refractivity (Wildman–Crippen MR) is 172 cm³/mol. The second-order valence-electron chi connectivity index (χ2n) is 13.3. The zero-order valence-corrected chi connectivity index (χ0v) is 26.8. The molecule has 2 bridgehead atoms. The normalized spacial score (nSPS) is 24.3. The zero-order chi connectivity index (χ0) is 32.3. The molecule has 1 aromatic carbocycles. The lowest BCUT2D eigenvalue weighted by atomic mass is 9.95. The molecule has 1 saturated heterocycles. The van der Waals surface area contributed by atoms with Gasteiger partial charge >= 0.3 is 0 Å². The van der Waals surface area contributed by atoms with Crippen molar-refractivity contribution >= 4 is 39.9 Å². The molecule has 238 valence electrons. The maximum Gasteiger partial charge on any atom is 0.245 e. The van der Waals surface area contributed by atoms with Gasteiger partial charge in [0.25, 0.3) is 0 Å². The number of nitrogens with zero attached hydrogens (tertiary/aromatic N) is 7. The number of amides is 2. The fraction of sp³-hybridized carbons (Fsp3) is 0.457. The van der Waals surface area contributed by atoms with Crippen molar-refractivity contribution in [1.29, 1.82) is 0 Å². The van der Waals surface area contributed by atoms with Crippen LogP contribution in [-0.4, -0.2) is 83.2 Å². The Morgan fingerprint density at radius 1 is 1.04 bits per heavy atom. The lowest BCUT2D eigenvalue weighted by Gasteiger charge is -2.26. The Morgan fingerprint density at radius 3 is 2.65 bits per heavy atom. The van der Waals surface area contributed by atoms with Crippen LogP contribution in [0.3, 0.4) is 0 Å². The van der Waals surface area contributed by atoms with Crippen molar-refractivity contribution in [3.63, 3.8) is 0 Å². The number of benzene rings is 1. The van der Waals surface area contributed by atoms with E-state index in [0.717, 1.165) is 52.8 Å². The highest BCUT2D eigenvalue weighted by atomic mass is 16.2. The van der Waals surface area contributed by atoms with E-state index in [9.17, 15) is 19.2 Å². The maximum absolute atomic E-state index is 14.2. The van der Waals surface area contributed by atoms with Crippen LogP contribution in [0.25, 0.3) is 27.7 Å². The van der Waals surface area contributed by atoms with Crippen LogP contribution >= 0.6 is 0 Å². The van der Waals surface area contributed by atoms with E-state index in [1.54, 1.807) is 25.2 Å². The number of rotatable bonds is 4. The average molecular weight is 622 g/mol. The van der Waals surface area contributed by atoms with Gasteiger partial charge in [0.05, 0.1) is 17.3 Å². The second kappa shape index (κ2) is 11.3. The van der Waals surface area contributed by atoms with Crippen LogP contribution in [0.4, 0.5) is 0 Å². The van der Waals surface area contributed by atoms with Gasteiger partial charge in [-0.25, -0.2) is 9.50 Å². The first kappa shape index (κ1) is 30.0. The summed E-state index contributed by atoms with van der Waals surface area (Å²) in [6, 6.07) is 5.31. The van der Waals surface area contributed by atoms with Crippen molar-refractivity contribution in [3.05, 3.63) is 59.7 Å². The molecule has 3 atom stereocenters. The van der Waals surface area contributed by atoms with Crippen LogP contribution in [0.15, 0.2) is 42.7 Å². The summed E-state index contributed by atoms with van der Waals surface area (Å²) in [4.78, 5) is 61.5. The number of fused-ring (bicyclic) bond motifs is 1. The quantitative estimate of drug-likeness (QED) is 0.245. The first-order valence-electron chi connectivity index (χ1n) is 16.2. The molecule has 7 rings (SSSR count). The molecule has 3 aliphatic rings. The smallest absolute Gasteiger partial charge is 0.245 e. The van der Waals surface area contributed by atoms with Gasteiger partial charge in [-0.2, -0.15) is 10.2 Å². The van der Waals surface area contributed by atoms with Gasteiger partial charge < -0.3 is 9.80 Å². The van der Waals surface area contributed by atoms with Crippen LogP contribution in [0.1, 0.15) is 74.1 Å². The highest BCUT2D eigenvalue weighted by Gasteiger charge is 2.67. The van der Waals surface area contributed by atoms with Crippen molar-refractivity contribution in [2.75, 3.05) is 13.6 Å². The van der Waals surface area contributed by atoms with E-state index in [0.29, 0.717) is 43.3 Å². The number of allylic oxidation sites excluding steroid dienone is 2. The molecule has 0 spiro atoms. The summed E-state index contributed by atoms with van der Waals surface area (Å²) in [5, 5.41) is 9.93. The van der Waals surface area contributed by atoms with Gasteiger partial charge in [0.15, 0.2) is 17.2 Å². The molecule has 11 nitrogen and oxygen atoms in total. The first-order valence-corrected chi connectivity index (χ1v) is 16.2. The molecule has 0 unspecified atom stereocenters. The molecule has 2 fully saturated rings. The van der Waals surface area contributed by atoms with Crippen molar-refractivity contribution in [2.24, 2.45) is 5.41 Å². The molecule has 2 aliphatic heterocycles. The number of piperidine rings is 1. The Kier molecular flexibility index (Phi) is 7.37. The first-order chi connectivity index (χ1) is 22.1. The number of carbonyl (C=O) groups is 4. The molecule has 11 heteroatoms. The predicted octanol–water partition coefficient (Wildman–Crippen LogP) is 4.34. The van der Waals surface area contributed by atoms with Gasteiger partial charge in [0, 0.05) is 74.2 Å². The molecule has 0 radical (unpaired) electrons. The molecule has 1 aliphatic carbocycles. The standard InChI is InChI=1S/C35H39N7O4/c1-5-28(44)27-15-35-16-29(35)42(27)32(46)19-41-34-23(10-8-6-7-9-11-31(45)39(4)20-35)13-24(14-26(34)33(38-41)22(3)43)25-17-36-30-12-21(2)37-40(30)18-25/h6,8,12-14,17-18,27,29H,5,7,9-11,15-16,19-20H2,1-4H3/b8-6+/t27-,29+,35-/m0/s1. The summed E-state index contributed by atoms with van der Waals surface area (Å²) < 4.78 is 3.40. The minimum absolute atomic E-state index is 0.0338. The molecular formula is C35H39N7O4. The van der Waals surface area contributed by atoms with Crippen molar-refractivity contribution in [2.45, 2.75) is 84.3 Å². The van der Waals surface area contributed by atoms with Crippen LogP contribution in [-0.2, 0) is 27.3 Å². The molecule has 2 amide bonds. The van der Waals surface area contributed by atoms with Gasteiger partial charge in [0.2, 0.25) is 11.8 Å². The Hall–Kier alpha value is -4.67. The number of aromatic nitrogens is 5. The summed E-state index contributed by atoms with van der Waals surface area (Å²) in [7, 11) is 1.83. The zero-order valence-electron chi connectivity index (χ0n) is 26.8. The minimum atomic E-state index is -0.518. The molecule has 1 saturated carbocycles. The van der Waals surface area contributed by atoms with E-state index >= 15 is 0 Å². The van der Waals surface area contributed by atoms with E-state index < -0.39 is 6.04 Å². The number of hydrogen-bond acceptors (Lipinski definition) is 7. The summed E-state index contributed by atoms with van der Waals surface area (Å²) in [6.45, 7) is 5.69. The summed E-state index contributed by atoms with van der Waals surface area (Å²) >= 11 is 0. The Morgan fingerprint density at radius 2 is 1.87 bits per heavy atom. The number of carbonyl (C=O) groups excluding carboxylic acids is 4. The van der Waals surface area contributed by atoms with Crippen molar-refractivity contribution in [1.82, 2.24) is 34.2 Å². The molecular weight excluding hydrogens is 582 g/mol. The van der Waals surface area contributed by atoms with Crippen LogP contribution in [0, 0.1) is 12.3 Å². The van der Waals surface area contributed by atoms with Crippen LogP contribution in [0.2, 0.25) is 0 Å². The van der Waals surface area contributed by atoms with E-state index in [-0.39, 0.29) is 41.4 Å². The van der Waals surface area contributed by atoms with Crippen LogP contribution < -0.4 is 0 Å². The van der Waals surface area contributed by atoms with Gasteiger partial charge in [0.1, 0.15) is 12.2 Å². The fourth-order valence-electron chi connectivity index (χ4n) is 7.63. The lowest BCUT2D eigenvalue weighted by molar-refractivity contribution is -0.139. The van der Waals surface area contributed by atoms with E-state index in [4.69, 9.17) is 5.10 Å². The lowest BCUT2D eigenvalue weighted by Crippen LogP contribution is -2.44. The summed E-state index contributed by atoms with van der Waals surface area (Å²) in [5.74, 6) is -0.262. The van der Waals surface area contributed by atoms with Gasteiger partial charge in [-0.3, -0.25) is 23.9 Å². The van der Waals surface area contributed by atoms with Crippen molar-refractivity contribution in [3.8, 4) is 11.1 Å². The molecule has 0 N–H and O–H groups in total. The van der Waals surface area contributed by atoms with E-state index in [1.807, 2.05) is 39.2 Å². The van der Waals surface area contributed by atoms with Crippen LogP contribution in [0.5, 0.6) is 0 Å². The molecule has 46 heavy (non-hydrogen) atoms. The monoisotopic (exact) mass is 621 g/mol. The topological polar surface area (TPSA) is 123 Å². The Bertz CT molecular complexity index is 1950. The molecule has 4 aromatic rings. The highest BCUT2D eigenvalue weighted by molar-refractivity contribution is 6.07. The molecule has 3 aromatic heterocycles. The molecule has 5 heterocycles. The third-order valence-corrected chi connectivity index (χ3v) is 9.98. The third kappa shape index (κ3) is 5.11. The number of ketones is 2. The number of aryl methyl sites for hydroxylation is 1. The Labute approximate surface area is 267 Å². The highest BCUT2D eigenvalue weighted by Crippen LogP contribution is 2.60. The van der Waals surface area contributed by atoms with E-state index in [2.05, 4.69) is 28.3 Å². The number of hydrogen-bond donors (Lipinski definition) is 0. The van der Waals surface area contributed by atoms with Gasteiger partial charge in [-0.15, -0.1) is 0 Å². The van der Waals surface area contributed by atoms with Gasteiger partial charge in [-0.05, 0) is 62.3 Å². The number of Topliss-reactive ketones (excluding diaryl/α,β-unsaturated/α-hetero) is 2. The SMILES string of the molecule is CCC(=O)[C@@H]1C[C@@]23C[C@H]2N1C(=O)Cn1nc(C(C)=O)c2cc(-c4cnc5cc(C)nn5c4)cc(c21)C/C=C/CCCC(=O)N(C)C3. The second-order valence-corrected chi connectivity index (χ2v) is 13.3. The minimum Gasteiger partial charge on any atom is -0.345 e. The van der Waals surface area contributed by atoms with Gasteiger partial charge in [-0.1, -0.05) is 19.1 Å². The summed E-state index contributed by atoms with van der Waals surface area (Å²) in [5.41, 5.74) is 5.00. The fourth-order valence-corrected chi connectivity index (χ4v) is 7.63. The van der Waals surface area contributed by atoms with E-state index in [1.165, 1.54) is 6.92 Å².